The molecule has 1 heterocycles. The molecule has 0 spiro atoms. The fraction of sp³-hybridized carbons (Fsp3) is 0.357. The second-order valence-electron chi connectivity index (χ2n) is 4.79. The van der Waals surface area contributed by atoms with Crippen molar-refractivity contribution in [3.63, 3.8) is 0 Å². The minimum atomic E-state index is -1.30. The summed E-state index contributed by atoms with van der Waals surface area (Å²) in [6.45, 7) is 3.40. The second-order valence-corrected chi connectivity index (χ2v) is 5.19. The number of nitrogens with zero attached hydrogens (tertiary/aromatic N) is 1. The number of rotatable bonds is 3. The first kappa shape index (κ1) is 15.4. The van der Waals surface area contributed by atoms with Gasteiger partial charge in [0.15, 0.2) is 0 Å². The zero-order valence-corrected chi connectivity index (χ0v) is 12.3. The molecule has 21 heavy (non-hydrogen) atoms. The van der Waals surface area contributed by atoms with Crippen LogP contribution in [0.25, 0.3) is 0 Å². The van der Waals surface area contributed by atoms with Crippen LogP contribution >= 0.6 is 11.6 Å². The van der Waals surface area contributed by atoms with E-state index in [4.69, 9.17) is 11.6 Å². The molecule has 7 heteroatoms. The molecule has 1 aliphatic rings. The second kappa shape index (κ2) is 5.44. The van der Waals surface area contributed by atoms with Crippen molar-refractivity contribution in [3.8, 4) is 0 Å². The van der Waals surface area contributed by atoms with E-state index < -0.39 is 29.1 Å². The molecule has 0 bridgehead atoms. The minimum Gasteiger partial charge on any atom is -0.276 e. The first-order chi connectivity index (χ1) is 9.87. The lowest BCUT2D eigenvalue weighted by atomic mass is 9.78. The maximum absolute atomic E-state index is 13.2. The number of hydrogen-bond acceptors (Lipinski definition) is 3. The zero-order valence-electron chi connectivity index (χ0n) is 11.6. The topological polar surface area (TPSA) is 66.5 Å². The summed E-state index contributed by atoms with van der Waals surface area (Å²) < 4.78 is 13.2. The average Bonchev–Trinajstić information content (AvgIpc) is 2.44. The van der Waals surface area contributed by atoms with Crippen molar-refractivity contribution in [3.05, 3.63) is 29.0 Å². The Morgan fingerprint density at radius 3 is 2.38 bits per heavy atom. The van der Waals surface area contributed by atoms with Gasteiger partial charge in [-0.2, -0.15) is 0 Å². The Labute approximate surface area is 126 Å². The molecule has 2 rings (SSSR count). The lowest BCUT2D eigenvalue weighted by molar-refractivity contribution is -0.143. The van der Waals surface area contributed by atoms with Crippen molar-refractivity contribution in [1.82, 2.24) is 5.32 Å². The Balaban J connectivity index is 2.51. The molecule has 0 atom stereocenters. The van der Waals surface area contributed by atoms with Crippen LogP contribution in [-0.2, 0) is 9.59 Å². The molecule has 4 amide bonds. The van der Waals surface area contributed by atoms with Gasteiger partial charge in [0.1, 0.15) is 11.2 Å². The van der Waals surface area contributed by atoms with Crippen LogP contribution in [0.2, 0.25) is 5.02 Å². The van der Waals surface area contributed by atoms with Gasteiger partial charge in [0.05, 0.1) is 10.7 Å². The van der Waals surface area contributed by atoms with E-state index in [2.05, 4.69) is 5.32 Å². The predicted molar refractivity (Wildman–Crippen MR) is 75.4 cm³/mol. The quantitative estimate of drug-likeness (QED) is 0.873. The van der Waals surface area contributed by atoms with Crippen LogP contribution in [-0.4, -0.2) is 17.8 Å². The molecule has 0 aliphatic carbocycles. The number of hydrogen-bond donors (Lipinski definition) is 1. The predicted octanol–water partition coefficient (Wildman–Crippen LogP) is 2.87. The third-order valence-electron chi connectivity index (χ3n) is 3.84. The number of halogens is 2. The number of carbonyl (C=O) groups excluding carboxylic acids is 3. The number of amides is 4. The van der Waals surface area contributed by atoms with E-state index in [1.807, 2.05) is 0 Å². The van der Waals surface area contributed by atoms with Crippen LogP contribution in [0.3, 0.4) is 0 Å². The summed E-state index contributed by atoms with van der Waals surface area (Å²) in [7, 11) is 0. The summed E-state index contributed by atoms with van der Waals surface area (Å²) in [4.78, 5) is 37.5. The van der Waals surface area contributed by atoms with Gasteiger partial charge in [0, 0.05) is 0 Å². The zero-order chi connectivity index (χ0) is 15.8. The molecule has 0 unspecified atom stereocenters. The maximum atomic E-state index is 13.2. The van der Waals surface area contributed by atoms with Crippen LogP contribution in [0, 0.1) is 11.2 Å². The lowest BCUT2D eigenvalue weighted by Gasteiger charge is -2.38. The summed E-state index contributed by atoms with van der Waals surface area (Å²) in [5, 5.41) is 1.97. The van der Waals surface area contributed by atoms with E-state index in [0.29, 0.717) is 0 Å². The largest absolute Gasteiger partial charge is 0.335 e. The molecule has 1 N–H and O–H groups in total. The minimum absolute atomic E-state index is 0.127. The maximum Gasteiger partial charge on any atom is 0.335 e. The van der Waals surface area contributed by atoms with Gasteiger partial charge >= 0.3 is 6.03 Å². The van der Waals surface area contributed by atoms with E-state index in [1.54, 1.807) is 13.8 Å². The Bertz CT molecular complexity index is 629. The SMILES string of the molecule is CCC1(CC)C(=O)NC(=O)N(c2ccc(F)c(Cl)c2)C1=O. The van der Waals surface area contributed by atoms with Crippen LogP contribution in [0.4, 0.5) is 14.9 Å². The van der Waals surface area contributed by atoms with Gasteiger partial charge in [-0.25, -0.2) is 14.1 Å². The molecular weight excluding hydrogens is 299 g/mol. The third-order valence-corrected chi connectivity index (χ3v) is 4.13. The lowest BCUT2D eigenvalue weighted by Crippen LogP contribution is -2.63. The molecule has 1 fully saturated rings. The Hall–Kier alpha value is -1.95. The highest BCUT2D eigenvalue weighted by Crippen LogP contribution is 2.35. The summed E-state index contributed by atoms with van der Waals surface area (Å²) in [5.74, 6) is -1.88. The summed E-state index contributed by atoms with van der Waals surface area (Å²) in [6, 6.07) is 2.66. The molecular formula is C14H14ClFN2O3. The molecule has 1 aromatic carbocycles. The number of benzene rings is 1. The van der Waals surface area contributed by atoms with Gasteiger partial charge in [-0.1, -0.05) is 25.4 Å². The Kier molecular flexibility index (Phi) is 4.00. The van der Waals surface area contributed by atoms with Crippen molar-refractivity contribution in [2.24, 2.45) is 5.41 Å². The van der Waals surface area contributed by atoms with Crippen LogP contribution in [0.15, 0.2) is 18.2 Å². The smallest absolute Gasteiger partial charge is 0.276 e. The number of carbonyl (C=O) groups is 3. The summed E-state index contributed by atoms with van der Waals surface area (Å²) in [5.41, 5.74) is -1.17. The van der Waals surface area contributed by atoms with Gasteiger partial charge in [-0.05, 0) is 31.0 Å². The van der Waals surface area contributed by atoms with Crippen LogP contribution in [0.1, 0.15) is 26.7 Å². The molecule has 0 saturated carbocycles. The molecule has 112 valence electrons. The fourth-order valence-electron chi connectivity index (χ4n) is 2.41. The highest BCUT2D eigenvalue weighted by molar-refractivity contribution is 6.32. The van der Waals surface area contributed by atoms with E-state index in [0.717, 1.165) is 11.0 Å². The van der Waals surface area contributed by atoms with E-state index in [9.17, 15) is 18.8 Å². The highest BCUT2D eigenvalue weighted by atomic mass is 35.5. The molecule has 0 aromatic heterocycles. The first-order valence-corrected chi connectivity index (χ1v) is 6.90. The van der Waals surface area contributed by atoms with Crippen molar-refractivity contribution in [2.75, 3.05) is 4.90 Å². The number of urea groups is 1. The van der Waals surface area contributed by atoms with Gasteiger partial charge < -0.3 is 0 Å². The standard InChI is InChI=1S/C14H14ClFN2O3/c1-3-14(4-2)11(19)17-13(21)18(12(14)20)8-5-6-10(16)9(15)7-8/h5-7H,3-4H2,1-2H3,(H,17,19,21). The Morgan fingerprint density at radius 2 is 1.86 bits per heavy atom. The average molecular weight is 313 g/mol. The first-order valence-electron chi connectivity index (χ1n) is 6.52. The van der Waals surface area contributed by atoms with E-state index in [-0.39, 0.29) is 23.6 Å². The molecule has 0 radical (unpaired) electrons. The monoisotopic (exact) mass is 312 g/mol. The molecule has 1 saturated heterocycles. The van der Waals surface area contributed by atoms with Crippen molar-refractivity contribution >= 4 is 35.1 Å². The summed E-state index contributed by atoms with van der Waals surface area (Å²) in [6.07, 6.45) is 0.514. The van der Waals surface area contributed by atoms with Crippen molar-refractivity contribution in [1.29, 1.82) is 0 Å². The van der Waals surface area contributed by atoms with Gasteiger partial charge in [-0.15, -0.1) is 0 Å². The Morgan fingerprint density at radius 1 is 1.24 bits per heavy atom. The third kappa shape index (κ3) is 2.29. The van der Waals surface area contributed by atoms with Crippen molar-refractivity contribution < 1.29 is 18.8 Å². The fourth-order valence-corrected chi connectivity index (χ4v) is 2.58. The number of nitrogens with one attached hydrogen (secondary N) is 1. The highest BCUT2D eigenvalue weighted by Gasteiger charge is 2.51. The number of imide groups is 2. The molecule has 5 nitrogen and oxygen atoms in total. The van der Waals surface area contributed by atoms with Crippen molar-refractivity contribution in [2.45, 2.75) is 26.7 Å². The summed E-state index contributed by atoms with van der Waals surface area (Å²) >= 11 is 5.68. The van der Waals surface area contributed by atoms with E-state index >= 15 is 0 Å². The molecule has 1 aromatic rings. The van der Waals surface area contributed by atoms with Crippen LogP contribution < -0.4 is 10.2 Å². The van der Waals surface area contributed by atoms with Gasteiger partial charge in [0.2, 0.25) is 5.91 Å². The van der Waals surface area contributed by atoms with E-state index in [1.165, 1.54) is 12.1 Å². The van der Waals surface area contributed by atoms with Gasteiger partial charge in [-0.3, -0.25) is 14.9 Å². The normalized spacial score (nSPS) is 17.9. The van der Waals surface area contributed by atoms with Gasteiger partial charge in [0.25, 0.3) is 5.91 Å². The number of anilines is 1. The van der Waals surface area contributed by atoms with Crippen LogP contribution in [0.5, 0.6) is 0 Å². The number of barbiturate groups is 1. The molecule has 1 aliphatic heterocycles.